The number of hydrogen-bond acceptors (Lipinski definition) is 0. The number of hydrogen-bond donors (Lipinski definition) is 0. The molecule has 0 aromatic rings. The Morgan fingerprint density at radius 2 is 0.882 bits per heavy atom. The second-order valence-electron chi connectivity index (χ2n) is 3.21. The third-order valence-corrected chi connectivity index (χ3v) is 1.52. The monoisotopic (exact) mass is 282 g/mol. The van der Waals surface area contributed by atoms with Gasteiger partial charge in [0, 0.05) is 0 Å². The topological polar surface area (TPSA) is 0 Å². The van der Waals surface area contributed by atoms with E-state index in [2.05, 4.69) is 16.2 Å². The van der Waals surface area contributed by atoms with E-state index in [-0.39, 0.29) is 0 Å². The van der Waals surface area contributed by atoms with Crippen molar-refractivity contribution in [2.45, 2.75) is 13.8 Å². The van der Waals surface area contributed by atoms with Crippen molar-refractivity contribution in [3.8, 4) is 0 Å². The molecule has 2 saturated carbocycles. The zero-order valence-electron chi connectivity index (χ0n) is 10.4. The van der Waals surface area contributed by atoms with E-state index in [1.165, 1.54) is 24.9 Å². The quantitative estimate of drug-likeness (QED) is 0.453. The number of allylic oxidation sites excluding steroid dienone is 2. The maximum absolute atomic E-state index is 4.64. The van der Waals surface area contributed by atoms with E-state index in [4.69, 9.17) is 0 Å². The maximum atomic E-state index is 4.64. The van der Waals surface area contributed by atoms with Crippen molar-refractivity contribution in [2.75, 3.05) is 0 Å². The first-order chi connectivity index (χ1) is 8.27. The van der Waals surface area contributed by atoms with Gasteiger partial charge in [0.15, 0.2) is 0 Å². The van der Waals surface area contributed by atoms with Gasteiger partial charge in [0.1, 0.15) is 0 Å². The third-order valence-electron chi connectivity index (χ3n) is 1.52. The van der Waals surface area contributed by atoms with Crippen molar-refractivity contribution >= 4 is 9.30 Å². The molecule has 10 radical (unpaired) electrons. The molecule has 0 amide bonds. The summed E-state index contributed by atoms with van der Waals surface area (Å²) in [6.45, 7) is 7.56. The number of halogens is 1. The zero-order chi connectivity index (χ0) is 13.4. The normalized spacial score (nSPS) is 16.4. The summed E-state index contributed by atoms with van der Waals surface area (Å²) in [5.74, 6) is 0. The predicted molar refractivity (Wildman–Crippen MR) is 73.6 cm³/mol. The van der Waals surface area contributed by atoms with Gasteiger partial charge in [-0.1, -0.05) is 0 Å². The summed E-state index contributed by atoms with van der Waals surface area (Å²) in [5, 5.41) is 0. The van der Waals surface area contributed by atoms with Crippen LogP contribution in [0.25, 0.3) is 0 Å². The molecule has 2 rings (SSSR count). The minimum absolute atomic E-state index is 1.27. The van der Waals surface area contributed by atoms with Crippen molar-refractivity contribution in [3.05, 3.63) is 82.8 Å². The van der Waals surface area contributed by atoms with E-state index in [0.29, 0.717) is 0 Å². The van der Waals surface area contributed by atoms with Crippen LogP contribution in [0.3, 0.4) is 0 Å². The van der Waals surface area contributed by atoms with Crippen molar-refractivity contribution in [1.29, 1.82) is 0 Å². The molecule has 90 valence electrons. The first-order valence-corrected chi connectivity index (χ1v) is 7.37. The minimum atomic E-state index is 1.27. The van der Waals surface area contributed by atoms with E-state index >= 15 is 0 Å². The molecule has 0 spiro atoms. The van der Waals surface area contributed by atoms with E-state index in [0.717, 1.165) is 0 Å². The van der Waals surface area contributed by atoms with E-state index < -0.39 is 0 Å². The Bertz CT molecular complexity index is 118. The van der Waals surface area contributed by atoms with Gasteiger partial charge in [-0.2, -0.15) is 0 Å². The van der Waals surface area contributed by atoms with Crippen molar-refractivity contribution in [1.82, 2.24) is 0 Å². The summed E-state index contributed by atoms with van der Waals surface area (Å²) < 4.78 is 0. The fraction of sp³-hybridized carbons (Fsp3) is 0.133. The first kappa shape index (κ1) is 19.9. The zero-order valence-corrected chi connectivity index (χ0v) is 12.8. The van der Waals surface area contributed by atoms with Crippen LogP contribution in [0.5, 0.6) is 0 Å². The molecule has 0 heterocycles. The molecular formula is C15H19ClTi. The average Bonchev–Trinajstić information content (AvgIpc) is 3.09. The average molecular weight is 283 g/mol. The Morgan fingerprint density at radius 3 is 0.941 bits per heavy atom. The van der Waals surface area contributed by atoms with Crippen LogP contribution in [0.2, 0.25) is 0 Å². The van der Waals surface area contributed by atoms with Crippen molar-refractivity contribution < 1.29 is 19.4 Å². The van der Waals surface area contributed by atoms with Gasteiger partial charge in [0.25, 0.3) is 0 Å². The molecule has 0 unspecified atom stereocenters. The number of rotatable bonds is 0. The summed E-state index contributed by atoms with van der Waals surface area (Å²) in [5.41, 5.74) is 1.27. The van der Waals surface area contributed by atoms with Gasteiger partial charge < -0.3 is 0 Å². The van der Waals surface area contributed by atoms with Crippen LogP contribution >= 0.6 is 9.30 Å². The van der Waals surface area contributed by atoms with Gasteiger partial charge in [-0.15, -0.1) is 13.8 Å². The summed E-state index contributed by atoms with van der Waals surface area (Å²) in [6.07, 6.45) is 21.8. The van der Waals surface area contributed by atoms with Crippen LogP contribution in [0.15, 0.2) is 11.6 Å². The van der Waals surface area contributed by atoms with Crippen LogP contribution in [0, 0.1) is 71.1 Å². The molecule has 0 nitrogen and oxygen atoms in total. The Morgan fingerprint density at radius 1 is 0.765 bits per heavy atom. The summed E-state index contributed by atoms with van der Waals surface area (Å²) in [6, 6.07) is 0. The molecule has 0 saturated heterocycles. The Hall–Kier alpha value is 0.614. The molecule has 2 aliphatic rings. The third kappa shape index (κ3) is 22.3. The SMILES string of the molecule is [CH2-]C=C(C)C.[CH]1[CH][CH][CH][CH]1.[CH]1[CH][CH][CH][CH]1.[Cl][Ti+]. The second-order valence-corrected chi connectivity index (χ2v) is 3.21. The van der Waals surface area contributed by atoms with E-state index in [9.17, 15) is 0 Å². The summed E-state index contributed by atoms with van der Waals surface area (Å²) >= 11 is 1.47. The molecule has 2 heteroatoms. The van der Waals surface area contributed by atoms with Crippen molar-refractivity contribution in [2.24, 2.45) is 0 Å². The summed E-state index contributed by atoms with van der Waals surface area (Å²) in [7, 11) is 4.64. The molecule has 2 aliphatic carbocycles. The van der Waals surface area contributed by atoms with Crippen LogP contribution in [-0.2, 0) is 19.4 Å². The van der Waals surface area contributed by atoms with Gasteiger partial charge in [-0.05, 0) is 64.2 Å². The molecule has 0 aromatic heterocycles. The van der Waals surface area contributed by atoms with Crippen molar-refractivity contribution in [3.63, 3.8) is 0 Å². The molecule has 0 aliphatic heterocycles. The Kier molecular flexibility index (Phi) is 22.2. The van der Waals surface area contributed by atoms with Gasteiger partial charge in [-0.3, -0.25) is 0 Å². The molecule has 2 fully saturated rings. The molecule has 0 N–H and O–H groups in total. The van der Waals surface area contributed by atoms with E-state index in [1.54, 1.807) is 0 Å². The Labute approximate surface area is 125 Å². The fourth-order valence-corrected chi connectivity index (χ4v) is 0.642. The molecule has 17 heavy (non-hydrogen) atoms. The molecule has 0 atom stereocenters. The standard InChI is InChI=1S/2C5H5.C5H9.ClH.Ti/c2*1-2-4-5-3-1;1-4-5(2)3;;/h2*1-5H;4H,1H2,2-3H3;1H;/q;;-1;;+2/p-1. The predicted octanol–water partition coefficient (Wildman–Crippen LogP) is 4.52. The fourth-order valence-electron chi connectivity index (χ4n) is 0.642. The van der Waals surface area contributed by atoms with Crippen LogP contribution in [-0.4, -0.2) is 0 Å². The van der Waals surface area contributed by atoms with Gasteiger partial charge in [0.2, 0.25) is 0 Å². The Balaban J connectivity index is 0. The van der Waals surface area contributed by atoms with E-state index in [1.807, 2.05) is 84.1 Å². The second kappa shape index (κ2) is 19.0. The van der Waals surface area contributed by atoms with Gasteiger partial charge in [0.05, 0.1) is 0 Å². The first-order valence-electron chi connectivity index (χ1n) is 5.22. The van der Waals surface area contributed by atoms with Crippen LogP contribution in [0.1, 0.15) is 13.8 Å². The van der Waals surface area contributed by atoms with Gasteiger partial charge >= 0.3 is 28.7 Å². The summed E-state index contributed by atoms with van der Waals surface area (Å²) in [4.78, 5) is 0. The molecule has 0 bridgehead atoms. The molecular weight excluding hydrogens is 263 g/mol. The molecule has 0 aromatic carbocycles. The van der Waals surface area contributed by atoms with Crippen LogP contribution in [0.4, 0.5) is 0 Å². The van der Waals surface area contributed by atoms with Gasteiger partial charge in [-0.25, -0.2) is 18.6 Å². The van der Waals surface area contributed by atoms with Crippen LogP contribution < -0.4 is 0 Å².